The summed E-state index contributed by atoms with van der Waals surface area (Å²) in [4.78, 5) is 20.4. The van der Waals surface area contributed by atoms with Crippen molar-refractivity contribution in [3.05, 3.63) is 76.7 Å². The van der Waals surface area contributed by atoms with Gasteiger partial charge in [0, 0.05) is 23.4 Å². The number of benzene rings is 2. The van der Waals surface area contributed by atoms with Crippen molar-refractivity contribution in [1.29, 1.82) is 0 Å². The van der Waals surface area contributed by atoms with Crippen LogP contribution in [0.3, 0.4) is 0 Å². The average Bonchev–Trinajstić information content (AvgIpc) is 2.82. The van der Waals surface area contributed by atoms with Crippen LogP contribution in [-0.4, -0.2) is 35.1 Å². The van der Waals surface area contributed by atoms with Crippen molar-refractivity contribution in [3.63, 3.8) is 0 Å². The van der Waals surface area contributed by atoms with E-state index >= 15 is 0 Å². The molecule has 7 nitrogen and oxygen atoms in total. The van der Waals surface area contributed by atoms with Crippen LogP contribution < -0.4 is 10.3 Å². The van der Waals surface area contributed by atoms with Crippen LogP contribution >= 0.6 is 0 Å². The van der Waals surface area contributed by atoms with Crippen molar-refractivity contribution in [1.82, 2.24) is 14.5 Å². The SMILES string of the molecule is CCS(=O)(=O)c1cc(-c2ccc(OC(F)(F)F)cc2F)cnc1-n1cnc2ccc(C(F)(F)F)cc2c1=O. The Bertz CT molecular complexity index is 1720. The number of halogens is 7. The highest BCUT2D eigenvalue weighted by Gasteiger charge is 2.32. The summed E-state index contributed by atoms with van der Waals surface area (Å²) in [7, 11) is -4.18. The molecular weight excluding hydrogens is 547 g/mol. The van der Waals surface area contributed by atoms with Crippen molar-refractivity contribution >= 4 is 20.7 Å². The summed E-state index contributed by atoms with van der Waals surface area (Å²) in [6.45, 7) is 1.27. The Morgan fingerprint density at radius 2 is 1.68 bits per heavy atom. The van der Waals surface area contributed by atoms with Crippen LogP contribution in [0.1, 0.15) is 12.5 Å². The number of sulfone groups is 1. The number of hydrogen-bond acceptors (Lipinski definition) is 6. The van der Waals surface area contributed by atoms with Gasteiger partial charge in [0.2, 0.25) is 0 Å². The summed E-state index contributed by atoms with van der Waals surface area (Å²) >= 11 is 0. The van der Waals surface area contributed by atoms with Crippen molar-refractivity contribution < 1.29 is 43.9 Å². The molecule has 4 aromatic rings. The van der Waals surface area contributed by atoms with E-state index in [-0.39, 0.29) is 16.6 Å². The van der Waals surface area contributed by atoms with Gasteiger partial charge in [-0.2, -0.15) is 13.2 Å². The molecule has 0 amide bonds. The fourth-order valence-corrected chi connectivity index (χ4v) is 4.57. The monoisotopic (exact) mass is 561 g/mol. The minimum absolute atomic E-state index is 0.0843. The number of ether oxygens (including phenoxy) is 1. The molecule has 38 heavy (non-hydrogen) atoms. The van der Waals surface area contributed by atoms with Gasteiger partial charge in [0.1, 0.15) is 22.8 Å². The Labute approximate surface area is 209 Å². The second-order valence-electron chi connectivity index (χ2n) is 7.79. The van der Waals surface area contributed by atoms with Gasteiger partial charge in [0.15, 0.2) is 15.7 Å². The molecule has 0 aliphatic heterocycles. The highest BCUT2D eigenvalue weighted by atomic mass is 32.2. The standard InChI is InChI=1S/C23H14F7N3O4S/c1-2-38(35,36)19-7-12(15-5-4-14(9-17(15)24)37-23(28,29)30)10-31-20(19)33-11-32-18-6-3-13(22(25,26)27)8-16(18)21(33)34/h3-11H,2H2,1H3. The molecule has 2 heterocycles. The molecule has 200 valence electrons. The van der Waals surface area contributed by atoms with E-state index in [9.17, 15) is 43.9 Å². The third kappa shape index (κ3) is 5.32. The van der Waals surface area contributed by atoms with Crippen LogP contribution in [0, 0.1) is 5.82 Å². The zero-order valence-corrected chi connectivity index (χ0v) is 19.7. The summed E-state index contributed by atoms with van der Waals surface area (Å²) in [5.74, 6) is -3.05. The van der Waals surface area contributed by atoms with E-state index in [4.69, 9.17) is 0 Å². The number of pyridine rings is 1. The first-order chi connectivity index (χ1) is 17.6. The maximum Gasteiger partial charge on any atom is 0.573 e. The van der Waals surface area contributed by atoms with E-state index in [0.29, 0.717) is 16.7 Å². The molecule has 2 aromatic heterocycles. The number of hydrogen-bond donors (Lipinski definition) is 0. The zero-order chi connectivity index (χ0) is 28.0. The van der Waals surface area contributed by atoms with E-state index < -0.39 is 66.9 Å². The van der Waals surface area contributed by atoms with Crippen molar-refractivity contribution in [2.24, 2.45) is 0 Å². The number of alkyl halides is 6. The molecule has 0 N–H and O–H groups in total. The first-order valence-electron chi connectivity index (χ1n) is 10.5. The Kier molecular flexibility index (Phi) is 6.67. The summed E-state index contributed by atoms with van der Waals surface area (Å²) in [5.41, 5.74) is -2.75. The van der Waals surface area contributed by atoms with Crippen LogP contribution in [-0.2, 0) is 16.0 Å². The summed E-state index contributed by atoms with van der Waals surface area (Å²) < 4.78 is 121. The van der Waals surface area contributed by atoms with E-state index in [2.05, 4.69) is 14.7 Å². The van der Waals surface area contributed by atoms with E-state index in [1.54, 1.807) is 0 Å². The smallest absolute Gasteiger partial charge is 0.406 e. The highest BCUT2D eigenvalue weighted by Crippen LogP contribution is 2.33. The molecule has 4 rings (SSSR count). The molecule has 2 aromatic carbocycles. The summed E-state index contributed by atoms with van der Waals surface area (Å²) in [5, 5.41) is -0.459. The number of rotatable bonds is 5. The third-order valence-corrected chi connectivity index (χ3v) is 7.08. The van der Waals surface area contributed by atoms with Crippen LogP contribution in [0.4, 0.5) is 30.7 Å². The lowest BCUT2D eigenvalue weighted by Gasteiger charge is -2.14. The molecular formula is C23H14F7N3O4S. The van der Waals surface area contributed by atoms with Gasteiger partial charge in [-0.15, -0.1) is 13.2 Å². The molecule has 0 radical (unpaired) electrons. The fourth-order valence-electron chi connectivity index (χ4n) is 3.53. The number of nitrogens with zero attached hydrogens (tertiary/aromatic N) is 3. The van der Waals surface area contributed by atoms with Gasteiger partial charge in [-0.05, 0) is 36.4 Å². The molecule has 15 heteroatoms. The van der Waals surface area contributed by atoms with Crippen LogP contribution in [0.5, 0.6) is 5.75 Å². The maximum absolute atomic E-state index is 14.6. The molecule has 0 unspecified atom stereocenters. The van der Waals surface area contributed by atoms with Crippen LogP contribution in [0.2, 0.25) is 0 Å². The number of aromatic nitrogens is 3. The van der Waals surface area contributed by atoms with Gasteiger partial charge in [-0.25, -0.2) is 27.3 Å². The Morgan fingerprint density at radius 3 is 2.29 bits per heavy atom. The van der Waals surface area contributed by atoms with Crippen LogP contribution in [0.25, 0.3) is 27.8 Å². The van der Waals surface area contributed by atoms with Gasteiger partial charge in [0.05, 0.1) is 22.2 Å². The quantitative estimate of drug-likeness (QED) is 0.308. The summed E-state index contributed by atoms with van der Waals surface area (Å²) in [6, 6.07) is 5.41. The fraction of sp³-hybridized carbons (Fsp3) is 0.174. The Morgan fingerprint density at radius 1 is 0.974 bits per heavy atom. The second-order valence-corrected chi connectivity index (χ2v) is 10.0. The van der Waals surface area contributed by atoms with E-state index in [1.165, 1.54) is 6.92 Å². The Hall–Kier alpha value is -4.01. The molecule has 0 fully saturated rings. The lowest BCUT2D eigenvalue weighted by Crippen LogP contribution is -2.23. The zero-order valence-electron chi connectivity index (χ0n) is 18.9. The van der Waals surface area contributed by atoms with Gasteiger partial charge >= 0.3 is 12.5 Å². The average molecular weight is 561 g/mol. The van der Waals surface area contributed by atoms with Crippen LogP contribution in [0.15, 0.2) is 64.7 Å². The van der Waals surface area contributed by atoms with Crippen molar-refractivity contribution in [3.8, 4) is 22.7 Å². The first-order valence-corrected chi connectivity index (χ1v) is 12.1. The van der Waals surface area contributed by atoms with Gasteiger partial charge in [-0.1, -0.05) is 6.92 Å². The highest BCUT2D eigenvalue weighted by molar-refractivity contribution is 7.91. The number of fused-ring (bicyclic) bond motifs is 1. The van der Waals surface area contributed by atoms with E-state index in [1.807, 2.05) is 0 Å². The molecule has 0 aliphatic carbocycles. The normalized spacial score (nSPS) is 12.6. The molecule has 0 atom stereocenters. The minimum atomic E-state index is -5.07. The van der Waals surface area contributed by atoms with Gasteiger partial charge in [-0.3, -0.25) is 4.79 Å². The van der Waals surface area contributed by atoms with Gasteiger partial charge < -0.3 is 4.74 Å². The second kappa shape index (κ2) is 9.38. The van der Waals surface area contributed by atoms with Gasteiger partial charge in [0.25, 0.3) is 5.56 Å². The van der Waals surface area contributed by atoms with E-state index in [0.717, 1.165) is 42.9 Å². The molecule has 0 bridgehead atoms. The first kappa shape index (κ1) is 27.0. The topological polar surface area (TPSA) is 91.2 Å². The third-order valence-electron chi connectivity index (χ3n) is 5.35. The predicted molar refractivity (Wildman–Crippen MR) is 120 cm³/mol. The van der Waals surface area contributed by atoms with Crippen molar-refractivity contribution in [2.45, 2.75) is 24.4 Å². The largest absolute Gasteiger partial charge is 0.573 e. The molecule has 0 saturated carbocycles. The maximum atomic E-state index is 14.6. The van der Waals surface area contributed by atoms with Crippen molar-refractivity contribution in [2.75, 3.05) is 5.75 Å². The lowest BCUT2D eigenvalue weighted by atomic mass is 10.1. The minimum Gasteiger partial charge on any atom is -0.406 e. The summed E-state index contributed by atoms with van der Waals surface area (Å²) in [6.07, 6.45) is -7.99. The predicted octanol–water partition coefficient (Wildman–Crippen LogP) is 5.30. The molecule has 0 spiro atoms. The lowest BCUT2D eigenvalue weighted by molar-refractivity contribution is -0.274. The Balaban J connectivity index is 1.90. The molecule has 0 aliphatic rings. The molecule has 0 saturated heterocycles.